The number of nitrogens with zero attached hydrogens (tertiary/aromatic N) is 5. The Bertz CT molecular complexity index is 2520. The lowest BCUT2D eigenvalue weighted by Crippen LogP contribution is -2.62. The zero-order valence-corrected chi connectivity index (χ0v) is 39.9. The fourth-order valence-corrected chi connectivity index (χ4v) is 10.3. The van der Waals surface area contributed by atoms with Crippen molar-refractivity contribution in [3.05, 3.63) is 71.5 Å². The fraction of sp³-hybridized carbons (Fsp3) is 0.529. The molecule has 4 aromatic rings. The molecule has 0 aliphatic carbocycles. The molecule has 6 heterocycles. The number of benzene rings is 2. The molecule has 6 bridgehead atoms. The van der Waals surface area contributed by atoms with Gasteiger partial charge < -0.3 is 39.6 Å². The van der Waals surface area contributed by atoms with Crippen LogP contribution in [0.25, 0.3) is 33.3 Å². The lowest BCUT2D eigenvalue weighted by atomic mass is 9.84. The second-order valence-corrected chi connectivity index (χ2v) is 19.9. The molecule has 0 spiro atoms. The number of likely N-dealkylation sites (N-methyl/N-ethyl adjacent to an activating group) is 1. The van der Waals surface area contributed by atoms with E-state index < -0.39 is 41.3 Å². The minimum absolute atomic E-state index is 0.00213. The maximum atomic E-state index is 14.7. The van der Waals surface area contributed by atoms with Crippen molar-refractivity contribution in [2.45, 2.75) is 110 Å². The van der Waals surface area contributed by atoms with Crippen LogP contribution >= 0.6 is 0 Å². The lowest BCUT2D eigenvalue weighted by Gasteiger charge is -2.38. The minimum atomic E-state index is -1.15. The number of aryl methyl sites for hydroxylation is 1. The molecule has 0 radical (unpaired) electrons. The lowest BCUT2D eigenvalue weighted by molar-refractivity contribution is -0.155. The van der Waals surface area contributed by atoms with Crippen LogP contribution in [0.4, 0.5) is 0 Å². The Morgan fingerprint density at radius 2 is 1.81 bits per heavy atom. The van der Waals surface area contributed by atoms with Gasteiger partial charge in [0.1, 0.15) is 23.9 Å². The van der Waals surface area contributed by atoms with Gasteiger partial charge in [0.2, 0.25) is 17.7 Å². The first kappa shape index (κ1) is 47.6. The molecule has 4 aliphatic heterocycles. The number of amides is 4. The number of ether oxygens (including phenoxy) is 2. The van der Waals surface area contributed by atoms with Gasteiger partial charge in [-0.1, -0.05) is 39.8 Å². The van der Waals surface area contributed by atoms with Gasteiger partial charge in [-0.25, -0.2) is 5.43 Å². The molecule has 2 aromatic heterocycles. The molecule has 2 aromatic carbocycles. The number of rotatable bonds is 10. The normalized spacial score (nSPS) is 21.7. The van der Waals surface area contributed by atoms with Crippen LogP contribution in [0.2, 0.25) is 0 Å². The minimum Gasteiger partial charge on any atom is -0.508 e. The number of piperidine rings is 1. The highest BCUT2D eigenvalue weighted by molar-refractivity contribution is 5.96. The van der Waals surface area contributed by atoms with E-state index in [0.717, 1.165) is 44.4 Å². The number of fused-ring (bicyclic) bond motifs is 6. The molecule has 4 amide bonds. The van der Waals surface area contributed by atoms with E-state index in [-0.39, 0.29) is 55.0 Å². The van der Waals surface area contributed by atoms with Gasteiger partial charge >= 0.3 is 5.97 Å². The first-order valence-corrected chi connectivity index (χ1v) is 23.8. The summed E-state index contributed by atoms with van der Waals surface area (Å²) in [6.07, 6.45) is 6.16. The van der Waals surface area contributed by atoms with E-state index in [1.807, 2.05) is 38.2 Å². The Balaban J connectivity index is 1.16. The van der Waals surface area contributed by atoms with E-state index in [1.165, 1.54) is 9.91 Å². The van der Waals surface area contributed by atoms with Crippen molar-refractivity contribution < 1.29 is 38.6 Å². The van der Waals surface area contributed by atoms with Crippen LogP contribution in [0.5, 0.6) is 5.75 Å². The average molecular weight is 919 g/mol. The smallest absolute Gasteiger partial charge is 0.324 e. The second kappa shape index (κ2) is 19.8. The van der Waals surface area contributed by atoms with Crippen LogP contribution in [-0.2, 0) is 59.4 Å². The van der Waals surface area contributed by atoms with Gasteiger partial charge in [0, 0.05) is 93.5 Å². The van der Waals surface area contributed by atoms with Crippen LogP contribution in [-0.4, -0.2) is 130 Å². The summed E-state index contributed by atoms with van der Waals surface area (Å²) in [5.41, 5.74) is 9.80. The molecule has 4 atom stereocenters. The molecule has 4 aliphatic rings. The summed E-state index contributed by atoms with van der Waals surface area (Å²) in [4.78, 5) is 77.8. The number of hydrazine groups is 1. The number of cyclic esters (lactones) is 1. The Morgan fingerprint density at radius 3 is 2.51 bits per heavy atom. The maximum absolute atomic E-state index is 14.7. The quantitative estimate of drug-likeness (QED) is 0.128. The summed E-state index contributed by atoms with van der Waals surface area (Å²) in [6, 6.07) is 10.5. The van der Waals surface area contributed by atoms with Crippen LogP contribution in [0.15, 0.2) is 54.9 Å². The van der Waals surface area contributed by atoms with Gasteiger partial charge in [-0.3, -0.25) is 34.0 Å². The second-order valence-electron chi connectivity index (χ2n) is 19.9. The maximum Gasteiger partial charge on any atom is 0.324 e. The number of esters is 1. The number of likely N-dealkylation sites (tertiary alicyclic amines) is 1. The van der Waals surface area contributed by atoms with Gasteiger partial charge in [0.15, 0.2) is 0 Å². The third-order valence-corrected chi connectivity index (χ3v) is 13.8. The molecule has 8 rings (SSSR count). The number of nitrogens with one attached hydrogen (secondary N) is 3. The summed E-state index contributed by atoms with van der Waals surface area (Å²) in [7, 11) is 3.30. The van der Waals surface area contributed by atoms with Crippen LogP contribution in [0.3, 0.4) is 0 Å². The largest absolute Gasteiger partial charge is 0.508 e. The van der Waals surface area contributed by atoms with Gasteiger partial charge in [-0.05, 0) is 103 Å². The Morgan fingerprint density at radius 1 is 1.04 bits per heavy atom. The number of pyridine rings is 1. The van der Waals surface area contributed by atoms with E-state index >= 15 is 0 Å². The molecule has 0 saturated carbocycles. The first-order chi connectivity index (χ1) is 32.1. The highest BCUT2D eigenvalue weighted by atomic mass is 16.5. The molecule has 3 saturated heterocycles. The zero-order chi connectivity index (χ0) is 47.7. The van der Waals surface area contributed by atoms with Crippen molar-refractivity contribution in [1.82, 2.24) is 40.4 Å². The monoisotopic (exact) mass is 919 g/mol. The third kappa shape index (κ3) is 10.2. The zero-order valence-electron chi connectivity index (χ0n) is 39.9. The van der Waals surface area contributed by atoms with Gasteiger partial charge in [0.25, 0.3) is 5.91 Å². The summed E-state index contributed by atoms with van der Waals surface area (Å²) in [5, 5.41) is 19.8. The van der Waals surface area contributed by atoms with Crippen molar-refractivity contribution in [2.24, 2.45) is 17.3 Å². The van der Waals surface area contributed by atoms with Crippen LogP contribution in [0, 0.1) is 17.3 Å². The van der Waals surface area contributed by atoms with Crippen molar-refractivity contribution in [1.29, 1.82) is 0 Å². The summed E-state index contributed by atoms with van der Waals surface area (Å²) < 4.78 is 14.0. The molecule has 358 valence electrons. The topological polar surface area (TPSA) is 198 Å². The number of aromatic hydroxyl groups is 1. The Labute approximate surface area is 392 Å². The first-order valence-electron chi connectivity index (χ1n) is 23.8. The molecule has 0 unspecified atom stereocenters. The predicted molar refractivity (Wildman–Crippen MR) is 253 cm³/mol. The highest BCUT2D eigenvalue weighted by Gasteiger charge is 2.41. The van der Waals surface area contributed by atoms with Crippen molar-refractivity contribution >= 4 is 40.5 Å². The van der Waals surface area contributed by atoms with E-state index in [1.54, 1.807) is 37.4 Å². The summed E-state index contributed by atoms with van der Waals surface area (Å²) in [6.45, 7) is 13.1. The number of carbonyl (C=O) groups is 5. The van der Waals surface area contributed by atoms with E-state index in [9.17, 15) is 29.1 Å². The molecule has 67 heavy (non-hydrogen) atoms. The highest BCUT2D eigenvalue weighted by Crippen LogP contribution is 2.41. The van der Waals surface area contributed by atoms with E-state index in [4.69, 9.17) is 9.47 Å². The van der Waals surface area contributed by atoms with Crippen molar-refractivity contribution in [3.8, 4) is 28.1 Å². The van der Waals surface area contributed by atoms with E-state index in [2.05, 4.69) is 58.5 Å². The number of hydrogen-bond donors (Lipinski definition) is 4. The average Bonchev–Trinajstić information content (AvgIpc) is 4.12. The standard InChI is InChI=1S/C51H66N8O8/c1-8-58-43-12-11-33-24-37(43)38(45(58)39-26-52-16-13-34(39)28-66-7)25-51(4,5)29-67-50(65)40-10-9-17-59(55-40)49(64)41(22-31-20-35(33)23-36(60)21-31)54-46(61)44(30(2)3)56(6)47(62)32-14-18-57(19-15-32)48(63)42-27-53-42/h11-13,16,20-21,23-24,26,30,32,40-42,44,53,55,60H,8-10,14-15,17-19,22,25,27-29H2,1-7H3,(H,54,61)/t40-,41-,42-,44-/m0/s1. The molecule has 3 fully saturated rings. The van der Waals surface area contributed by atoms with Crippen molar-refractivity contribution in [2.75, 3.05) is 46.9 Å². The number of phenols is 1. The molecule has 4 N–H and O–H groups in total. The van der Waals surface area contributed by atoms with Gasteiger partial charge in [-0.2, -0.15) is 0 Å². The van der Waals surface area contributed by atoms with E-state index in [0.29, 0.717) is 70.5 Å². The van der Waals surface area contributed by atoms with Crippen molar-refractivity contribution in [3.63, 3.8) is 0 Å². The van der Waals surface area contributed by atoms with Gasteiger partial charge in [-0.15, -0.1) is 0 Å². The number of carbonyl (C=O) groups excluding carboxylic acids is 5. The SMILES string of the molecule is CCn1c(-c2cnccc2COC)c2c3cc(ccc31)-c1cc(O)cc(c1)C[C@H](NC(=O)[C@H](C(C)C)N(C)C(=O)C1CCN(C(=O)[C@@H]3CN3)CC1)C(=O)N1CCC[C@H](N1)C(=O)OCC(C)(C)C2. The summed E-state index contributed by atoms with van der Waals surface area (Å²) >= 11 is 0. The Kier molecular flexibility index (Phi) is 14.1. The molecular weight excluding hydrogens is 853 g/mol. The van der Waals surface area contributed by atoms with Crippen LogP contribution < -0.4 is 16.1 Å². The predicted octanol–water partition coefficient (Wildman–Crippen LogP) is 4.58. The number of methoxy groups -OCH3 is 1. The number of aromatic nitrogens is 2. The fourth-order valence-electron chi connectivity index (χ4n) is 10.3. The summed E-state index contributed by atoms with van der Waals surface area (Å²) in [5.74, 6) is -2.22. The van der Waals surface area contributed by atoms with Gasteiger partial charge in [0.05, 0.1) is 24.9 Å². The molecule has 16 nitrogen and oxygen atoms in total. The number of phenolic OH excluding ortho intramolecular Hbond substituents is 1. The number of hydrogen-bond acceptors (Lipinski definition) is 11. The Hall–Kier alpha value is -5.84. The third-order valence-electron chi connectivity index (χ3n) is 13.8. The van der Waals surface area contributed by atoms with Crippen LogP contribution in [0.1, 0.15) is 77.0 Å². The molecule has 16 heteroatoms. The molecular formula is C51H66N8O8.